The van der Waals surface area contributed by atoms with Crippen molar-refractivity contribution in [2.45, 2.75) is 33.1 Å². The van der Waals surface area contributed by atoms with Crippen molar-refractivity contribution in [3.8, 4) is 11.3 Å². The molecule has 1 aromatic heterocycles. The Morgan fingerprint density at radius 2 is 2.05 bits per heavy atom. The molecule has 0 radical (unpaired) electrons. The second-order valence-electron chi connectivity index (χ2n) is 4.84. The number of carbonyl (C=O) groups excluding carboxylic acids is 1. The second-order valence-corrected chi connectivity index (χ2v) is 5.88. The molecule has 5 heteroatoms. The maximum Gasteiger partial charge on any atom is 0.223 e. The zero-order valence-corrected chi connectivity index (χ0v) is 12.8. The van der Waals surface area contributed by atoms with Gasteiger partial charge in [-0.15, -0.1) is 0 Å². The van der Waals surface area contributed by atoms with Crippen molar-refractivity contribution in [3.63, 3.8) is 0 Å². The van der Waals surface area contributed by atoms with Crippen LogP contribution in [0.2, 0.25) is 0 Å². The summed E-state index contributed by atoms with van der Waals surface area (Å²) in [5.74, 6) is 0.407. The van der Waals surface area contributed by atoms with E-state index in [1.807, 2.05) is 12.1 Å². The first-order valence-corrected chi connectivity index (χ1v) is 7.47. The van der Waals surface area contributed by atoms with Crippen molar-refractivity contribution < 1.29 is 4.79 Å². The third kappa shape index (κ3) is 3.17. The van der Waals surface area contributed by atoms with Gasteiger partial charge in [0.1, 0.15) is 10.7 Å². The number of nitrogen functional groups attached to an aromatic ring is 1. The molecule has 1 atom stereocenters. The molecule has 0 spiro atoms. The number of aromatic nitrogens is 1. The van der Waals surface area contributed by atoms with E-state index in [-0.39, 0.29) is 5.91 Å². The highest BCUT2D eigenvalue weighted by Gasteiger charge is 2.12. The van der Waals surface area contributed by atoms with Crippen LogP contribution < -0.4 is 11.1 Å². The highest BCUT2D eigenvalue weighted by atomic mass is 32.1. The fraction of sp³-hybridized carbons (Fsp3) is 0.333. The number of carbonyl (C=O) groups is 1. The summed E-state index contributed by atoms with van der Waals surface area (Å²) in [6.45, 7) is 5.84. The van der Waals surface area contributed by atoms with Crippen molar-refractivity contribution in [1.29, 1.82) is 0 Å². The van der Waals surface area contributed by atoms with E-state index in [1.165, 1.54) is 23.8 Å². The van der Waals surface area contributed by atoms with Gasteiger partial charge < -0.3 is 11.1 Å². The lowest BCUT2D eigenvalue weighted by atomic mass is 9.97. The molecule has 0 bridgehead atoms. The van der Waals surface area contributed by atoms with Crippen molar-refractivity contribution >= 4 is 27.4 Å². The van der Waals surface area contributed by atoms with Crippen LogP contribution in [0.4, 0.5) is 10.1 Å². The largest absolute Gasteiger partial charge is 0.389 e. The van der Waals surface area contributed by atoms with Crippen LogP contribution in [0.5, 0.6) is 0 Å². The van der Waals surface area contributed by atoms with Crippen LogP contribution in [-0.2, 0) is 4.79 Å². The van der Waals surface area contributed by atoms with E-state index < -0.39 is 0 Å². The number of hydrogen-bond donors (Lipinski definition) is 2. The molecule has 1 amide bonds. The van der Waals surface area contributed by atoms with Crippen molar-refractivity contribution in [2.75, 3.05) is 11.1 Å². The van der Waals surface area contributed by atoms with E-state index in [1.54, 1.807) is 0 Å². The zero-order chi connectivity index (χ0) is 14.7. The SMILES string of the molecule is CCC(C)c1ccc(-c2nc(NC(C)=O)sc2N)cc1. The first-order valence-electron chi connectivity index (χ1n) is 6.65. The molecule has 0 saturated heterocycles. The summed E-state index contributed by atoms with van der Waals surface area (Å²) in [5.41, 5.74) is 9.00. The third-order valence-corrected chi connectivity index (χ3v) is 4.10. The minimum atomic E-state index is -0.141. The standard InChI is InChI=1S/C15H19N3OS/c1-4-9(2)11-5-7-12(8-6-11)13-14(16)20-15(18-13)17-10(3)19/h5-9H,4,16H2,1-3H3,(H,17,18,19). The van der Waals surface area contributed by atoms with E-state index in [0.717, 1.165) is 17.7 Å². The molecule has 106 valence electrons. The predicted molar refractivity (Wildman–Crippen MR) is 85.0 cm³/mol. The molecule has 0 fully saturated rings. The number of benzene rings is 1. The van der Waals surface area contributed by atoms with Gasteiger partial charge in [0, 0.05) is 12.5 Å². The van der Waals surface area contributed by atoms with Gasteiger partial charge in [-0.05, 0) is 17.9 Å². The molecule has 0 saturated carbocycles. The number of rotatable bonds is 4. The third-order valence-electron chi connectivity index (χ3n) is 3.30. The van der Waals surface area contributed by atoms with E-state index >= 15 is 0 Å². The Kier molecular flexibility index (Phi) is 4.39. The maximum absolute atomic E-state index is 11.0. The van der Waals surface area contributed by atoms with Gasteiger partial charge in [0.05, 0.1) is 0 Å². The molecule has 1 aromatic carbocycles. The average molecular weight is 289 g/mol. The first-order chi connectivity index (χ1) is 9.51. The number of anilines is 2. The van der Waals surface area contributed by atoms with Gasteiger partial charge in [0.2, 0.25) is 5.91 Å². The lowest BCUT2D eigenvalue weighted by Gasteiger charge is -2.09. The average Bonchev–Trinajstić information content (AvgIpc) is 2.78. The Morgan fingerprint density at radius 3 is 2.60 bits per heavy atom. The summed E-state index contributed by atoms with van der Waals surface area (Å²) in [6, 6.07) is 8.29. The number of nitrogens with zero attached hydrogens (tertiary/aromatic N) is 1. The Hall–Kier alpha value is -1.88. The fourth-order valence-electron chi connectivity index (χ4n) is 1.95. The smallest absolute Gasteiger partial charge is 0.223 e. The summed E-state index contributed by atoms with van der Waals surface area (Å²) in [5, 5.41) is 3.82. The normalized spacial score (nSPS) is 12.2. The van der Waals surface area contributed by atoms with Crippen LogP contribution in [0.3, 0.4) is 0 Å². The lowest BCUT2D eigenvalue weighted by Crippen LogP contribution is -2.04. The van der Waals surface area contributed by atoms with Gasteiger partial charge in [-0.2, -0.15) is 0 Å². The molecule has 3 N–H and O–H groups in total. The molecule has 0 aliphatic rings. The minimum Gasteiger partial charge on any atom is -0.389 e. The monoisotopic (exact) mass is 289 g/mol. The molecule has 0 aliphatic heterocycles. The fourth-order valence-corrected chi connectivity index (χ4v) is 2.75. The van der Waals surface area contributed by atoms with Gasteiger partial charge in [0.15, 0.2) is 5.13 Å². The van der Waals surface area contributed by atoms with Crippen molar-refractivity contribution in [1.82, 2.24) is 4.98 Å². The van der Waals surface area contributed by atoms with Crippen LogP contribution in [0.1, 0.15) is 38.7 Å². The molecular formula is C15H19N3OS. The Balaban J connectivity index is 2.27. The molecule has 4 nitrogen and oxygen atoms in total. The number of amides is 1. The molecule has 1 heterocycles. The maximum atomic E-state index is 11.0. The van der Waals surface area contributed by atoms with Crippen molar-refractivity contribution in [3.05, 3.63) is 29.8 Å². The van der Waals surface area contributed by atoms with E-state index in [2.05, 4.69) is 36.3 Å². The summed E-state index contributed by atoms with van der Waals surface area (Å²) >= 11 is 1.29. The Labute approximate surface area is 123 Å². The Morgan fingerprint density at radius 1 is 1.40 bits per heavy atom. The van der Waals surface area contributed by atoms with Crippen LogP contribution in [0.25, 0.3) is 11.3 Å². The predicted octanol–water partition coefficient (Wildman–Crippen LogP) is 3.86. The highest BCUT2D eigenvalue weighted by molar-refractivity contribution is 7.20. The highest BCUT2D eigenvalue weighted by Crippen LogP contribution is 2.34. The lowest BCUT2D eigenvalue weighted by molar-refractivity contribution is -0.114. The van der Waals surface area contributed by atoms with Crippen LogP contribution in [-0.4, -0.2) is 10.9 Å². The zero-order valence-electron chi connectivity index (χ0n) is 11.9. The van der Waals surface area contributed by atoms with Crippen LogP contribution in [0, 0.1) is 0 Å². The van der Waals surface area contributed by atoms with E-state index in [9.17, 15) is 4.79 Å². The van der Waals surface area contributed by atoms with Gasteiger partial charge in [-0.1, -0.05) is 49.4 Å². The number of thiazole rings is 1. The first kappa shape index (κ1) is 14.5. The number of hydrogen-bond acceptors (Lipinski definition) is 4. The van der Waals surface area contributed by atoms with Gasteiger partial charge in [-0.25, -0.2) is 4.98 Å². The molecule has 2 rings (SSSR count). The molecule has 0 aliphatic carbocycles. The van der Waals surface area contributed by atoms with Gasteiger partial charge >= 0.3 is 0 Å². The molecule has 20 heavy (non-hydrogen) atoms. The molecule has 1 unspecified atom stereocenters. The molecular weight excluding hydrogens is 270 g/mol. The number of nitrogens with one attached hydrogen (secondary N) is 1. The summed E-state index contributed by atoms with van der Waals surface area (Å²) in [4.78, 5) is 15.4. The van der Waals surface area contributed by atoms with E-state index in [4.69, 9.17) is 5.73 Å². The van der Waals surface area contributed by atoms with Gasteiger partial charge in [-0.3, -0.25) is 4.79 Å². The Bertz CT molecular complexity index is 604. The van der Waals surface area contributed by atoms with Crippen LogP contribution in [0.15, 0.2) is 24.3 Å². The molecule has 2 aromatic rings. The summed E-state index contributed by atoms with van der Waals surface area (Å²) < 4.78 is 0. The van der Waals surface area contributed by atoms with Crippen molar-refractivity contribution in [2.24, 2.45) is 0 Å². The quantitative estimate of drug-likeness (QED) is 0.898. The summed E-state index contributed by atoms with van der Waals surface area (Å²) in [6.07, 6.45) is 1.12. The minimum absolute atomic E-state index is 0.141. The topological polar surface area (TPSA) is 68.0 Å². The van der Waals surface area contributed by atoms with E-state index in [0.29, 0.717) is 16.1 Å². The second kappa shape index (κ2) is 6.05. The van der Waals surface area contributed by atoms with Gasteiger partial charge in [0.25, 0.3) is 0 Å². The summed E-state index contributed by atoms with van der Waals surface area (Å²) in [7, 11) is 0. The number of nitrogens with two attached hydrogens (primary N) is 1. The van der Waals surface area contributed by atoms with Crippen LogP contribution >= 0.6 is 11.3 Å².